The van der Waals surface area contributed by atoms with Crippen molar-refractivity contribution in [2.75, 3.05) is 7.11 Å². The highest BCUT2D eigenvalue weighted by molar-refractivity contribution is 5.89. The maximum absolute atomic E-state index is 11.4. The van der Waals surface area contributed by atoms with E-state index < -0.39 is 0 Å². The van der Waals surface area contributed by atoms with Crippen LogP contribution in [0.5, 0.6) is 11.5 Å². The zero-order valence-electron chi connectivity index (χ0n) is 12.4. The summed E-state index contributed by atoms with van der Waals surface area (Å²) < 4.78 is 10.6. The second kappa shape index (κ2) is 6.20. The van der Waals surface area contributed by atoms with Gasteiger partial charge in [0.25, 0.3) is 0 Å². The Morgan fingerprint density at radius 1 is 1.09 bits per heavy atom. The Morgan fingerprint density at radius 3 is 2.57 bits per heavy atom. The SMILES string of the molecule is C#Cc1ccc2c(Oc3ccc(C(=O)OC)cc3)cccc2n1. The fraction of sp³-hybridized carbons (Fsp3) is 0.0526. The van der Waals surface area contributed by atoms with Gasteiger partial charge in [0.15, 0.2) is 0 Å². The molecule has 0 bridgehead atoms. The van der Waals surface area contributed by atoms with Crippen LogP contribution in [0.4, 0.5) is 0 Å². The largest absolute Gasteiger partial charge is 0.465 e. The highest BCUT2D eigenvalue weighted by atomic mass is 16.5. The lowest BCUT2D eigenvalue weighted by Gasteiger charge is -2.09. The number of fused-ring (bicyclic) bond motifs is 1. The lowest BCUT2D eigenvalue weighted by molar-refractivity contribution is 0.0600. The zero-order valence-corrected chi connectivity index (χ0v) is 12.4. The number of aromatic nitrogens is 1. The van der Waals surface area contributed by atoms with Crippen LogP contribution < -0.4 is 4.74 Å². The van der Waals surface area contributed by atoms with Gasteiger partial charge in [-0.15, -0.1) is 6.42 Å². The van der Waals surface area contributed by atoms with Gasteiger partial charge in [0.1, 0.15) is 17.2 Å². The number of benzene rings is 2. The highest BCUT2D eigenvalue weighted by Crippen LogP contribution is 2.29. The molecule has 0 unspecified atom stereocenters. The molecule has 4 heteroatoms. The van der Waals surface area contributed by atoms with Gasteiger partial charge in [0.05, 0.1) is 18.2 Å². The molecule has 0 aliphatic rings. The molecule has 3 aromatic rings. The predicted molar refractivity (Wildman–Crippen MR) is 87.5 cm³/mol. The maximum Gasteiger partial charge on any atom is 0.337 e. The van der Waals surface area contributed by atoms with Crippen LogP contribution in [-0.2, 0) is 4.74 Å². The molecule has 0 aliphatic carbocycles. The van der Waals surface area contributed by atoms with Gasteiger partial charge in [0, 0.05) is 5.39 Å². The molecule has 1 aromatic heterocycles. The first-order valence-corrected chi connectivity index (χ1v) is 6.94. The van der Waals surface area contributed by atoms with Gasteiger partial charge >= 0.3 is 5.97 Å². The van der Waals surface area contributed by atoms with E-state index in [2.05, 4.69) is 15.6 Å². The summed E-state index contributed by atoms with van der Waals surface area (Å²) in [4.78, 5) is 15.8. The van der Waals surface area contributed by atoms with Crippen molar-refractivity contribution < 1.29 is 14.3 Å². The number of esters is 1. The molecule has 0 saturated heterocycles. The molecular formula is C19H13NO3. The maximum atomic E-state index is 11.4. The number of hydrogen-bond acceptors (Lipinski definition) is 4. The minimum atomic E-state index is -0.382. The third kappa shape index (κ3) is 2.99. The van der Waals surface area contributed by atoms with E-state index >= 15 is 0 Å². The summed E-state index contributed by atoms with van der Waals surface area (Å²) in [6.07, 6.45) is 5.37. The van der Waals surface area contributed by atoms with Crippen LogP contribution in [0.1, 0.15) is 16.1 Å². The summed E-state index contributed by atoms with van der Waals surface area (Å²) in [5.41, 5.74) is 1.82. The van der Waals surface area contributed by atoms with Crippen molar-refractivity contribution in [3.63, 3.8) is 0 Å². The van der Waals surface area contributed by atoms with Crippen LogP contribution in [0.2, 0.25) is 0 Å². The Labute approximate surface area is 133 Å². The summed E-state index contributed by atoms with van der Waals surface area (Å²) in [5.74, 6) is 3.42. The number of hydrogen-bond donors (Lipinski definition) is 0. The standard InChI is InChI=1S/C19H13NO3/c1-3-14-9-12-16-17(20-14)5-4-6-18(16)23-15-10-7-13(8-11-15)19(21)22-2/h1,4-12H,2H3. The molecule has 0 saturated carbocycles. The van der Waals surface area contributed by atoms with Crippen LogP contribution in [0.15, 0.2) is 54.6 Å². The molecule has 0 aliphatic heterocycles. The summed E-state index contributed by atoms with van der Waals surface area (Å²) >= 11 is 0. The van der Waals surface area contributed by atoms with Gasteiger partial charge < -0.3 is 9.47 Å². The van der Waals surface area contributed by atoms with Gasteiger partial charge in [-0.05, 0) is 48.5 Å². The van der Waals surface area contributed by atoms with Crippen LogP contribution in [0.3, 0.4) is 0 Å². The molecule has 112 valence electrons. The zero-order chi connectivity index (χ0) is 16.2. The Kier molecular flexibility index (Phi) is 3.94. The van der Waals surface area contributed by atoms with E-state index in [1.807, 2.05) is 24.3 Å². The lowest BCUT2D eigenvalue weighted by Crippen LogP contribution is -2.00. The number of pyridine rings is 1. The third-order valence-corrected chi connectivity index (χ3v) is 3.34. The first-order chi connectivity index (χ1) is 11.2. The molecular weight excluding hydrogens is 290 g/mol. The summed E-state index contributed by atoms with van der Waals surface area (Å²) in [6.45, 7) is 0. The van der Waals surface area contributed by atoms with Gasteiger partial charge in [-0.25, -0.2) is 9.78 Å². The Balaban J connectivity index is 1.92. The lowest BCUT2D eigenvalue weighted by atomic mass is 10.2. The number of carbonyl (C=O) groups is 1. The monoisotopic (exact) mass is 303 g/mol. The average Bonchev–Trinajstić information content (AvgIpc) is 2.61. The third-order valence-electron chi connectivity index (χ3n) is 3.34. The van der Waals surface area contributed by atoms with E-state index in [1.54, 1.807) is 30.3 Å². The number of rotatable bonds is 3. The molecule has 0 fully saturated rings. The van der Waals surface area contributed by atoms with E-state index in [0.717, 1.165) is 10.9 Å². The van der Waals surface area contributed by atoms with Crippen molar-refractivity contribution in [3.8, 4) is 23.8 Å². The Hall–Kier alpha value is -3.32. The highest BCUT2D eigenvalue weighted by Gasteiger charge is 2.07. The van der Waals surface area contributed by atoms with E-state index in [9.17, 15) is 4.79 Å². The number of nitrogens with zero attached hydrogens (tertiary/aromatic N) is 1. The Morgan fingerprint density at radius 2 is 1.87 bits per heavy atom. The van der Waals surface area contributed by atoms with Crippen molar-refractivity contribution in [3.05, 3.63) is 65.9 Å². The molecule has 0 radical (unpaired) electrons. The number of terminal acetylenes is 1. The minimum absolute atomic E-state index is 0.382. The first kappa shape index (κ1) is 14.6. The molecule has 0 atom stereocenters. The predicted octanol–water partition coefficient (Wildman–Crippen LogP) is 3.80. The van der Waals surface area contributed by atoms with Crippen LogP contribution in [0, 0.1) is 12.3 Å². The summed E-state index contributed by atoms with van der Waals surface area (Å²) in [6, 6.07) is 16.0. The fourth-order valence-corrected chi connectivity index (χ4v) is 2.20. The van der Waals surface area contributed by atoms with E-state index in [1.165, 1.54) is 7.11 Å². The topological polar surface area (TPSA) is 48.4 Å². The number of ether oxygens (including phenoxy) is 2. The van der Waals surface area contributed by atoms with Crippen LogP contribution in [-0.4, -0.2) is 18.1 Å². The van der Waals surface area contributed by atoms with Gasteiger partial charge in [-0.2, -0.15) is 0 Å². The summed E-state index contributed by atoms with van der Waals surface area (Å²) in [7, 11) is 1.35. The van der Waals surface area contributed by atoms with Gasteiger partial charge in [-0.1, -0.05) is 12.0 Å². The second-order valence-electron chi connectivity index (χ2n) is 4.78. The quantitative estimate of drug-likeness (QED) is 0.545. The fourth-order valence-electron chi connectivity index (χ4n) is 2.20. The van der Waals surface area contributed by atoms with Crippen molar-refractivity contribution in [1.29, 1.82) is 0 Å². The van der Waals surface area contributed by atoms with Gasteiger partial charge in [0.2, 0.25) is 0 Å². The summed E-state index contributed by atoms with van der Waals surface area (Å²) in [5, 5.41) is 0.864. The van der Waals surface area contributed by atoms with Crippen molar-refractivity contribution in [2.45, 2.75) is 0 Å². The minimum Gasteiger partial charge on any atom is -0.465 e. The molecule has 4 nitrogen and oxygen atoms in total. The van der Waals surface area contributed by atoms with Crippen molar-refractivity contribution in [2.24, 2.45) is 0 Å². The smallest absolute Gasteiger partial charge is 0.337 e. The molecule has 0 amide bonds. The second-order valence-corrected chi connectivity index (χ2v) is 4.78. The molecule has 2 aromatic carbocycles. The van der Waals surface area contributed by atoms with E-state index in [4.69, 9.17) is 11.2 Å². The molecule has 23 heavy (non-hydrogen) atoms. The number of methoxy groups -OCH3 is 1. The molecule has 1 heterocycles. The first-order valence-electron chi connectivity index (χ1n) is 6.94. The van der Waals surface area contributed by atoms with Crippen molar-refractivity contribution in [1.82, 2.24) is 4.98 Å². The normalized spacial score (nSPS) is 10.1. The number of carbonyl (C=O) groups excluding carboxylic acids is 1. The molecule has 0 spiro atoms. The van der Waals surface area contributed by atoms with Gasteiger partial charge in [-0.3, -0.25) is 0 Å². The van der Waals surface area contributed by atoms with E-state index in [-0.39, 0.29) is 5.97 Å². The molecule has 0 N–H and O–H groups in total. The Bertz CT molecular complexity index is 908. The van der Waals surface area contributed by atoms with Crippen LogP contribution >= 0.6 is 0 Å². The van der Waals surface area contributed by atoms with Crippen molar-refractivity contribution >= 4 is 16.9 Å². The molecule has 3 rings (SSSR count). The van der Waals surface area contributed by atoms with Crippen LogP contribution in [0.25, 0.3) is 10.9 Å². The van der Waals surface area contributed by atoms with E-state index in [0.29, 0.717) is 22.8 Å². The average molecular weight is 303 g/mol.